The first kappa shape index (κ1) is 11.3. The van der Waals surface area contributed by atoms with Crippen LogP contribution in [0.4, 0.5) is 0 Å². The molecule has 3 aromatic rings. The molecular weight excluding hydrogens is 316 g/mol. The second kappa shape index (κ2) is 4.84. The van der Waals surface area contributed by atoms with Gasteiger partial charge >= 0.3 is 0 Å². The summed E-state index contributed by atoms with van der Waals surface area (Å²) < 4.78 is 1.26. The summed E-state index contributed by atoms with van der Waals surface area (Å²) in [5.41, 5.74) is 2.96. The Morgan fingerprint density at radius 1 is 1.29 bits per heavy atom. The molecular formula is C12H9BrN2S2. The summed E-state index contributed by atoms with van der Waals surface area (Å²) in [5.74, 6) is 0. The van der Waals surface area contributed by atoms with Crippen molar-refractivity contribution >= 4 is 48.8 Å². The van der Waals surface area contributed by atoms with E-state index in [4.69, 9.17) is 0 Å². The Balaban J connectivity index is 1.85. The zero-order chi connectivity index (χ0) is 11.7. The second-order valence-corrected chi connectivity index (χ2v) is 6.79. The lowest BCUT2D eigenvalue weighted by atomic mass is 10.3. The maximum absolute atomic E-state index is 4.64. The summed E-state index contributed by atoms with van der Waals surface area (Å²) in [6, 6.07) is 8.26. The van der Waals surface area contributed by atoms with Gasteiger partial charge in [-0.25, -0.2) is 4.98 Å². The highest BCUT2D eigenvalue weighted by Gasteiger charge is 2.13. The first-order valence-corrected chi connectivity index (χ1v) is 7.81. The number of alkyl halides is 1. The van der Waals surface area contributed by atoms with Crippen LogP contribution in [0.1, 0.15) is 14.7 Å². The highest BCUT2D eigenvalue weighted by atomic mass is 79.9. The fraction of sp³-hybridized carbons (Fsp3) is 0.167. The molecule has 0 aliphatic heterocycles. The number of thiazole rings is 2. The predicted octanol–water partition coefficient (Wildman–Crippen LogP) is 4.43. The number of fused-ring (bicyclic) bond motifs is 1. The van der Waals surface area contributed by atoms with Crippen molar-refractivity contribution in [3.8, 4) is 0 Å². The zero-order valence-corrected chi connectivity index (χ0v) is 12.1. The third-order valence-corrected chi connectivity index (χ3v) is 5.52. The van der Waals surface area contributed by atoms with Crippen LogP contribution in [-0.4, -0.2) is 9.97 Å². The van der Waals surface area contributed by atoms with E-state index >= 15 is 0 Å². The summed E-state index contributed by atoms with van der Waals surface area (Å²) in [5, 5.41) is 1.17. The molecule has 0 amide bonds. The van der Waals surface area contributed by atoms with Gasteiger partial charge in [0, 0.05) is 17.5 Å². The SMILES string of the molecule is BrC(Cc1nc2ccccc2s1)c1cncs1. The highest BCUT2D eigenvalue weighted by molar-refractivity contribution is 9.09. The molecule has 17 heavy (non-hydrogen) atoms. The summed E-state index contributed by atoms with van der Waals surface area (Å²) in [4.78, 5) is 10.3. The van der Waals surface area contributed by atoms with Crippen molar-refractivity contribution < 1.29 is 0 Å². The first-order valence-electron chi connectivity index (χ1n) is 5.20. The largest absolute Gasteiger partial charge is 0.253 e. The van der Waals surface area contributed by atoms with E-state index in [2.05, 4.69) is 44.1 Å². The number of hydrogen-bond acceptors (Lipinski definition) is 4. The predicted molar refractivity (Wildman–Crippen MR) is 77.1 cm³/mol. The molecule has 1 atom stereocenters. The fourth-order valence-corrected chi connectivity index (χ4v) is 4.21. The Morgan fingerprint density at radius 3 is 2.94 bits per heavy atom. The summed E-state index contributed by atoms with van der Waals surface area (Å²) in [6.07, 6.45) is 2.83. The monoisotopic (exact) mass is 324 g/mol. The molecule has 1 unspecified atom stereocenters. The van der Waals surface area contributed by atoms with Gasteiger partial charge in [-0.05, 0) is 12.1 Å². The third kappa shape index (κ3) is 2.41. The minimum absolute atomic E-state index is 0.315. The van der Waals surface area contributed by atoms with E-state index in [1.54, 1.807) is 22.7 Å². The average Bonchev–Trinajstić information content (AvgIpc) is 2.97. The fourth-order valence-electron chi connectivity index (χ4n) is 1.64. The zero-order valence-electron chi connectivity index (χ0n) is 8.84. The van der Waals surface area contributed by atoms with Crippen LogP contribution in [0.5, 0.6) is 0 Å². The maximum atomic E-state index is 4.64. The van der Waals surface area contributed by atoms with Crippen LogP contribution < -0.4 is 0 Å². The topological polar surface area (TPSA) is 25.8 Å². The Kier molecular flexibility index (Phi) is 3.22. The van der Waals surface area contributed by atoms with Gasteiger partial charge in [-0.2, -0.15) is 0 Å². The molecule has 0 N–H and O–H groups in total. The van der Waals surface area contributed by atoms with Gasteiger partial charge in [0.25, 0.3) is 0 Å². The normalized spacial score (nSPS) is 13.0. The van der Waals surface area contributed by atoms with E-state index in [1.807, 2.05) is 17.8 Å². The molecule has 2 nitrogen and oxygen atoms in total. The molecule has 3 rings (SSSR count). The number of rotatable bonds is 3. The van der Waals surface area contributed by atoms with Crippen LogP contribution in [0.3, 0.4) is 0 Å². The lowest BCUT2D eigenvalue weighted by Gasteiger charge is -2.02. The molecule has 1 aromatic carbocycles. The Morgan fingerprint density at radius 2 is 2.18 bits per heavy atom. The van der Waals surface area contributed by atoms with Crippen molar-refractivity contribution in [3.05, 3.63) is 45.9 Å². The summed E-state index contributed by atoms with van der Waals surface area (Å²) in [6.45, 7) is 0. The lowest BCUT2D eigenvalue weighted by molar-refractivity contribution is 0.953. The summed E-state index contributed by atoms with van der Waals surface area (Å²) in [7, 11) is 0. The quantitative estimate of drug-likeness (QED) is 0.666. The van der Waals surface area contributed by atoms with Crippen molar-refractivity contribution in [2.24, 2.45) is 0 Å². The smallest absolute Gasteiger partial charge is 0.0953 e. The minimum atomic E-state index is 0.315. The van der Waals surface area contributed by atoms with Gasteiger partial charge < -0.3 is 0 Å². The van der Waals surface area contributed by atoms with Crippen molar-refractivity contribution in [2.45, 2.75) is 11.2 Å². The third-order valence-electron chi connectivity index (χ3n) is 2.45. The Hall–Kier alpha value is -0.780. The Labute approximate surface area is 115 Å². The number of aromatic nitrogens is 2. The van der Waals surface area contributed by atoms with E-state index in [9.17, 15) is 0 Å². The van der Waals surface area contributed by atoms with Crippen molar-refractivity contribution in [2.75, 3.05) is 0 Å². The number of hydrogen-bond donors (Lipinski definition) is 0. The minimum Gasteiger partial charge on any atom is -0.253 e. The molecule has 5 heteroatoms. The van der Waals surface area contributed by atoms with Crippen LogP contribution in [0.15, 0.2) is 36.0 Å². The van der Waals surface area contributed by atoms with Gasteiger partial charge in [-0.15, -0.1) is 22.7 Å². The van der Waals surface area contributed by atoms with Crippen LogP contribution in [-0.2, 0) is 6.42 Å². The van der Waals surface area contributed by atoms with Gasteiger partial charge in [0.15, 0.2) is 0 Å². The van der Waals surface area contributed by atoms with Crippen LogP contribution in [0.2, 0.25) is 0 Å². The number of para-hydroxylation sites is 1. The highest BCUT2D eigenvalue weighted by Crippen LogP contribution is 2.32. The van der Waals surface area contributed by atoms with Gasteiger partial charge in [-0.3, -0.25) is 4.98 Å². The van der Waals surface area contributed by atoms with Crippen LogP contribution in [0, 0.1) is 0 Å². The van der Waals surface area contributed by atoms with Crippen LogP contribution >= 0.6 is 38.6 Å². The number of benzene rings is 1. The molecule has 0 aliphatic carbocycles. The molecule has 0 saturated carbocycles. The first-order chi connectivity index (χ1) is 8.33. The lowest BCUT2D eigenvalue weighted by Crippen LogP contribution is -1.91. The second-order valence-electron chi connectivity index (χ2n) is 3.65. The molecule has 0 fully saturated rings. The molecule has 0 saturated heterocycles. The molecule has 0 radical (unpaired) electrons. The molecule has 0 bridgehead atoms. The van der Waals surface area contributed by atoms with Crippen LogP contribution in [0.25, 0.3) is 10.2 Å². The van der Waals surface area contributed by atoms with Crippen molar-refractivity contribution in [3.63, 3.8) is 0 Å². The summed E-state index contributed by atoms with van der Waals surface area (Å²) >= 11 is 7.14. The molecule has 0 spiro atoms. The Bertz CT molecular complexity index is 585. The molecule has 2 heterocycles. The van der Waals surface area contributed by atoms with Crippen molar-refractivity contribution in [1.29, 1.82) is 0 Å². The maximum Gasteiger partial charge on any atom is 0.0953 e. The molecule has 2 aromatic heterocycles. The standard InChI is InChI=1S/C12H9BrN2S2/c13-8(11-6-14-7-16-11)5-12-15-9-3-1-2-4-10(9)17-12/h1-4,6-8H,5H2. The number of nitrogens with zero attached hydrogens (tertiary/aromatic N) is 2. The average molecular weight is 325 g/mol. The van der Waals surface area contributed by atoms with Gasteiger partial charge in [0.2, 0.25) is 0 Å². The van der Waals surface area contributed by atoms with E-state index in [0.29, 0.717) is 4.83 Å². The van der Waals surface area contributed by atoms with E-state index in [1.165, 1.54) is 14.6 Å². The van der Waals surface area contributed by atoms with E-state index in [0.717, 1.165) is 11.9 Å². The number of halogens is 1. The van der Waals surface area contributed by atoms with E-state index in [-0.39, 0.29) is 0 Å². The van der Waals surface area contributed by atoms with Gasteiger partial charge in [0.05, 0.1) is 25.6 Å². The van der Waals surface area contributed by atoms with Gasteiger partial charge in [-0.1, -0.05) is 28.1 Å². The van der Waals surface area contributed by atoms with Crippen molar-refractivity contribution in [1.82, 2.24) is 9.97 Å². The molecule has 0 aliphatic rings. The van der Waals surface area contributed by atoms with Gasteiger partial charge in [0.1, 0.15) is 0 Å². The molecule has 86 valence electrons. The van der Waals surface area contributed by atoms with E-state index < -0.39 is 0 Å².